The van der Waals surface area contributed by atoms with Crippen LogP contribution in [-0.4, -0.2) is 17.2 Å². The Kier molecular flexibility index (Phi) is 4.72. The number of hydrogen-bond acceptors (Lipinski definition) is 3. The summed E-state index contributed by atoms with van der Waals surface area (Å²) in [5.74, 6) is 0.158. The summed E-state index contributed by atoms with van der Waals surface area (Å²) in [5, 5.41) is 11.9. The first-order valence-corrected chi connectivity index (χ1v) is 8.69. The fraction of sp³-hybridized carbons (Fsp3) is 0.333. The third-order valence-corrected chi connectivity index (χ3v) is 4.69. The minimum Gasteiger partial charge on any atom is -0.449 e. The number of nitrogens with one attached hydrogen (secondary N) is 1. The van der Waals surface area contributed by atoms with Crippen molar-refractivity contribution in [1.82, 2.24) is 5.32 Å². The lowest BCUT2D eigenvalue weighted by Crippen LogP contribution is -2.29. The molecule has 0 bridgehead atoms. The van der Waals surface area contributed by atoms with Crippen molar-refractivity contribution in [3.63, 3.8) is 0 Å². The maximum absolute atomic E-state index is 12.9. The topological polar surface area (TPSA) is 75.6 Å². The van der Waals surface area contributed by atoms with E-state index >= 15 is 0 Å². The fourth-order valence-corrected chi connectivity index (χ4v) is 3.47. The van der Waals surface area contributed by atoms with Gasteiger partial charge in [-0.2, -0.15) is 0 Å². The molecule has 0 saturated carbocycles. The van der Waals surface area contributed by atoms with E-state index in [2.05, 4.69) is 26.1 Å². The van der Waals surface area contributed by atoms with E-state index in [-0.39, 0.29) is 23.1 Å². The minimum absolute atomic E-state index is 0.113. The number of benzene rings is 2. The molecule has 0 spiro atoms. The summed E-state index contributed by atoms with van der Waals surface area (Å²) in [7, 11) is 0. The third kappa shape index (κ3) is 3.72. The van der Waals surface area contributed by atoms with Crippen molar-refractivity contribution in [2.24, 2.45) is 0 Å². The van der Waals surface area contributed by atoms with Gasteiger partial charge in [-0.3, -0.25) is 4.79 Å². The van der Waals surface area contributed by atoms with Crippen LogP contribution in [0.15, 0.2) is 42.5 Å². The van der Waals surface area contributed by atoms with Crippen LogP contribution in [0.2, 0.25) is 0 Å². The van der Waals surface area contributed by atoms with Crippen LogP contribution in [0.3, 0.4) is 0 Å². The number of carboxylic acid groups (broad SMARTS) is 1. The summed E-state index contributed by atoms with van der Waals surface area (Å²) < 4.78 is 4.75. The van der Waals surface area contributed by atoms with Crippen molar-refractivity contribution in [1.29, 1.82) is 0 Å². The molecule has 1 atom stereocenters. The Morgan fingerprint density at radius 2 is 1.88 bits per heavy atom. The summed E-state index contributed by atoms with van der Waals surface area (Å²) in [6.07, 6.45) is 0.284. The highest BCUT2D eigenvalue weighted by atomic mass is 16.7. The number of hydrogen-bond donors (Lipinski definition) is 2. The molecule has 0 heterocycles. The predicted octanol–water partition coefficient (Wildman–Crippen LogP) is 4.46. The number of aryl methyl sites for hydroxylation is 1. The molecule has 136 valence electrons. The van der Waals surface area contributed by atoms with E-state index in [9.17, 15) is 9.59 Å². The van der Waals surface area contributed by atoms with Crippen LogP contribution in [-0.2, 0) is 11.8 Å². The second-order valence-electron chi connectivity index (χ2n) is 7.59. The molecule has 5 nitrogen and oxygen atoms in total. The van der Waals surface area contributed by atoms with Crippen molar-refractivity contribution in [2.45, 2.75) is 45.1 Å². The molecule has 2 N–H and O–H groups in total. The second-order valence-corrected chi connectivity index (χ2v) is 7.59. The third-order valence-electron chi connectivity index (χ3n) is 4.69. The van der Waals surface area contributed by atoms with Gasteiger partial charge in [0, 0.05) is 5.56 Å². The molecule has 1 aliphatic carbocycles. The van der Waals surface area contributed by atoms with E-state index in [4.69, 9.17) is 9.84 Å². The summed E-state index contributed by atoms with van der Waals surface area (Å²) in [6.45, 7) is 6.25. The molecule has 1 amide bonds. The van der Waals surface area contributed by atoms with Gasteiger partial charge in [-0.15, -0.1) is 0 Å². The van der Waals surface area contributed by atoms with Crippen molar-refractivity contribution in [3.8, 4) is 5.75 Å². The number of rotatable bonds is 3. The smallest absolute Gasteiger partial charge is 0.449 e. The lowest BCUT2D eigenvalue weighted by Gasteiger charge is -2.23. The van der Waals surface area contributed by atoms with Gasteiger partial charge in [0.2, 0.25) is 0 Å². The fourth-order valence-electron chi connectivity index (χ4n) is 3.47. The van der Waals surface area contributed by atoms with Crippen LogP contribution in [0, 0.1) is 0 Å². The highest BCUT2D eigenvalue weighted by Crippen LogP contribution is 2.34. The van der Waals surface area contributed by atoms with E-state index in [1.165, 1.54) is 0 Å². The number of amides is 1. The van der Waals surface area contributed by atoms with Gasteiger partial charge in [-0.25, -0.2) is 4.79 Å². The molecular formula is C21H23NO4. The lowest BCUT2D eigenvalue weighted by molar-refractivity contribution is 0.0934. The first kappa shape index (κ1) is 18.0. The molecule has 2 aromatic carbocycles. The van der Waals surface area contributed by atoms with Gasteiger partial charge in [-0.05, 0) is 53.1 Å². The summed E-state index contributed by atoms with van der Waals surface area (Å²) in [6, 6.07) is 12.7. The lowest BCUT2D eigenvalue weighted by atomic mass is 9.83. The first-order valence-electron chi connectivity index (χ1n) is 8.69. The van der Waals surface area contributed by atoms with Crippen LogP contribution in [0.4, 0.5) is 4.79 Å². The van der Waals surface area contributed by atoms with E-state index in [0.717, 1.165) is 29.5 Å². The Balaban J connectivity index is 1.84. The number of fused-ring (bicyclic) bond motifs is 1. The standard InChI is InChI=1S/C21H23NO4/c1-21(2,3)17-7-5-4-6-15(17)19(23)22-18-11-9-13-8-10-14(12-16(13)18)26-20(24)25/h4-8,10,12,18H,9,11H2,1-3H3,(H,22,23)(H,24,25)/t18-/m1/s1. The summed E-state index contributed by atoms with van der Waals surface area (Å²) >= 11 is 0. The van der Waals surface area contributed by atoms with Crippen LogP contribution in [0.1, 0.15) is 60.3 Å². The van der Waals surface area contributed by atoms with Gasteiger partial charge >= 0.3 is 6.16 Å². The maximum Gasteiger partial charge on any atom is 0.511 e. The van der Waals surface area contributed by atoms with Crippen molar-refractivity contribution >= 4 is 12.1 Å². The molecule has 2 aromatic rings. The van der Waals surface area contributed by atoms with Crippen LogP contribution in [0.25, 0.3) is 0 Å². The monoisotopic (exact) mass is 353 g/mol. The van der Waals surface area contributed by atoms with E-state index < -0.39 is 6.16 Å². The number of carbonyl (C=O) groups excluding carboxylic acids is 1. The quantitative estimate of drug-likeness (QED) is 0.631. The van der Waals surface area contributed by atoms with Gasteiger partial charge < -0.3 is 15.2 Å². The number of carbonyl (C=O) groups is 2. The van der Waals surface area contributed by atoms with Gasteiger partial charge in [0.25, 0.3) is 5.91 Å². The average molecular weight is 353 g/mol. The van der Waals surface area contributed by atoms with Gasteiger partial charge in [0.1, 0.15) is 5.75 Å². The summed E-state index contributed by atoms with van der Waals surface area (Å²) in [5.41, 5.74) is 3.57. The van der Waals surface area contributed by atoms with Crippen molar-refractivity contribution in [2.75, 3.05) is 0 Å². The molecule has 0 unspecified atom stereocenters. The Morgan fingerprint density at radius 3 is 2.58 bits per heavy atom. The zero-order chi connectivity index (χ0) is 18.9. The molecule has 0 radical (unpaired) electrons. The maximum atomic E-state index is 12.9. The van der Waals surface area contributed by atoms with Crippen LogP contribution < -0.4 is 10.1 Å². The van der Waals surface area contributed by atoms with Gasteiger partial charge in [-0.1, -0.05) is 45.0 Å². The van der Waals surface area contributed by atoms with E-state index in [1.54, 1.807) is 12.1 Å². The normalized spacial score (nSPS) is 16.0. The second kappa shape index (κ2) is 6.83. The van der Waals surface area contributed by atoms with Gasteiger partial charge in [0.15, 0.2) is 0 Å². The van der Waals surface area contributed by atoms with Crippen LogP contribution in [0.5, 0.6) is 5.75 Å². The van der Waals surface area contributed by atoms with Crippen molar-refractivity contribution in [3.05, 3.63) is 64.7 Å². The van der Waals surface area contributed by atoms with Crippen LogP contribution >= 0.6 is 0 Å². The highest BCUT2D eigenvalue weighted by Gasteiger charge is 2.27. The average Bonchev–Trinajstić information content (AvgIpc) is 2.96. The number of ether oxygens (including phenoxy) is 1. The zero-order valence-electron chi connectivity index (χ0n) is 15.2. The largest absolute Gasteiger partial charge is 0.511 e. The highest BCUT2D eigenvalue weighted by molar-refractivity contribution is 5.96. The Hall–Kier alpha value is -2.82. The Bertz CT molecular complexity index is 851. The zero-order valence-corrected chi connectivity index (χ0v) is 15.2. The Labute approximate surface area is 153 Å². The molecule has 0 aromatic heterocycles. The SMILES string of the molecule is CC(C)(C)c1ccccc1C(=O)N[C@@H]1CCc2ccc(OC(=O)O)cc21. The molecule has 3 rings (SSSR count). The van der Waals surface area contributed by atoms with E-state index in [0.29, 0.717) is 5.56 Å². The molecular weight excluding hydrogens is 330 g/mol. The Morgan fingerprint density at radius 1 is 1.15 bits per heavy atom. The summed E-state index contributed by atoms with van der Waals surface area (Å²) in [4.78, 5) is 23.7. The predicted molar refractivity (Wildman–Crippen MR) is 98.8 cm³/mol. The van der Waals surface area contributed by atoms with E-state index in [1.807, 2.05) is 30.3 Å². The molecule has 0 saturated heterocycles. The molecule has 0 aliphatic heterocycles. The molecule has 5 heteroatoms. The van der Waals surface area contributed by atoms with Gasteiger partial charge in [0.05, 0.1) is 6.04 Å². The molecule has 1 aliphatic rings. The molecule has 26 heavy (non-hydrogen) atoms. The van der Waals surface area contributed by atoms with Crippen molar-refractivity contribution < 1.29 is 19.4 Å². The molecule has 0 fully saturated rings. The minimum atomic E-state index is -1.34. The first-order chi connectivity index (χ1) is 12.3.